The molecule has 2 heterocycles. The maximum Gasteiger partial charge on any atom is 0.308 e. The molecular weight excluding hydrogens is 292 g/mol. The summed E-state index contributed by atoms with van der Waals surface area (Å²) in [5.41, 5.74) is 1.71. The van der Waals surface area contributed by atoms with Gasteiger partial charge < -0.3 is 14.6 Å². The molecule has 23 heavy (non-hydrogen) atoms. The Labute approximate surface area is 135 Å². The summed E-state index contributed by atoms with van der Waals surface area (Å²) in [6.07, 6.45) is 2.53. The number of carbonyl (C=O) groups is 2. The van der Waals surface area contributed by atoms with Gasteiger partial charge in [-0.15, -0.1) is 0 Å². The van der Waals surface area contributed by atoms with E-state index in [-0.39, 0.29) is 11.8 Å². The van der Waals surface area contributed by atoms with E-state index in [9.17, 15) is 14.7 Å². The standard InChI is InChI=1S/C18H22N2O3/c1-3-19-11-15(14-6-4-5-7-16(14)19)17(21)20-9-12(2)8-13(10-20)18(22)23/h4-7,11-13H,3,8-10H2,1-2H3,(H,22,23). The molecule has 2 aromatic rings. The van der Waals surface area contributed by atoms with Crippen molar-refractivity contribution in [3.05, 3.63) is 36.0 Å². The van der Waals surface area contributed by atoms with Gasteiger partial charge in [0, 0.05) is 36.7 Å². The number of hydrogen-bond donors (Lipinski definition) is 1. The van der Waals surface area contributed by atoms with Crippen LogP contribution < -0.4 is 0 Å². The van der Waals surface area contributed by atoms with Crippen molar-refractivity contribution >= 4 is 22.8 Å². The number of nitrogens with zero attached hydrogens (tertiary/aromatic N) is 2. The molecule has 1 saturated heterocycles. The zero-order valence-corrected chi connectivity index (χ0v) is 13.5. The third kappa shape index (κ3) is 2.83. The molecular formula is C18H22N2O3. The van der Waals surface area contributed by atoms with E-state index in [1.807, 2.05) is 44.3 Å². The summed E-state index contributed by atoms with van der Waals surface area (Å²) in [5, 5.41) is 10.2. The molecule has 1 aromatic heterocycles. The van der Waals surface area contributed by atoms with E-state index in [1.54, 1.807) is 4.90 Å². The van der Waals surface area contributed by atoms with Crippen molar-refractivity contribution in [2.24, 2.45) is 11.8 Å². The molecule has 2 unspecified atom stereocenters. The maximum absolute atomic E-state index is 13.0. The van der Waals surface area contributed by atoms with Crippen LogP contribution in [0.4, 0.5) is 0 Å². The lowest BCUT2D eigenvalue weighted by atomic mass is 9.90. The van der Waals surface area contributed by atoms with Crippen molar-refractivity contribution in [3.8, 4) is 0 Å². The Balaban J connectivity index is 1.95. The molecule has 3 rings (SSSR count). The number of para-hydroxylation sites is 1. The van der Waals surface area contributed by atoms with E-state index in [0.29, 0.717) is 25.1 Å². The van der Waals surface area contributed by atoms with E-state index < -0.39 is 11.9 Å². The van der Waals surface area contributed by atoms with Gasteiger partial charge in [-0.1, -0.05) is 25.1 Å². The number of benzene rings is 1. The SMILES string of the molecule is CCn1cc(C(=O)N2CC(C)CC(C(=O)O)C2)c2ccccc21. The zero-order chi connectivity index (χ0) is 16.6. The van der Waals surface area contributed by atoms with Gasteiger partial charge in [0.25, 0.3) is 5.91 Å². The molecule has 1 aliphatic rings. The number of hydrogen-bond acceptors (Lipinski definition) is 2. The van der Waals surface area contributed by atoms with Crippen molar-refractivity contribution in [1.29, 1.82) is 0 Å². The fraction of sp³-hybridized carbons (Fsp3) is 0.444. The Morgan fingerprint density at radius 2 is 2.00 bits per heavy atom. The number of carboxylic acid groups (broad SMARTS) is 1. The van der Waals surface area contributed by atoms with Gasteiger partial charge in [-0.25, -0.2) is 0 Å². The second-order valence-electron chi connectivity index (χ2n) is 6.43. The minimum atomic E-state index is -0.815. The first-order chi connectivity index (χ1) is 11.0. The van der Waals surface area contributed by atoms with Gasteiger partial charge in [-0.05, 0) is 25.3 Å². The molecule has 2 atom stereocenters. The van der Waals surface area contributed by atoms with Gasteiger partial charge in [0.2, 0.25) is 0 Å². The van der Waals surface area contributed by atoms with E-state index >= 15 is 0 Å². The lowest BCUT2D eigenvalue weighted by molar-refractivity contribution is -0.143. The number of rotatable bonds is 3. The van der Waals surface area contributed by atoms with Gasteiger partial charge in [0.1, 0.15) is 0 Å². The summed E-state index contributed by atoms with van der Waals surface area (Å²) in [4.78, 5) is 26.0. The second-order valence-corrected chi connectivity index (χ2v) is 6.43. The lowest BCUT2D eigenvalue weighted by Gasteiger charge is -2.34. The van der Waals surface area contributed by atoms with E-state index in [2.05, 4.69) is 4.57 Å². The average molecular weight is 314 g/mol. The van der Waals surface area contributed by atoms with Crippen molar-refractivity contribution in [2.75, 3.05) is 13.1 Å². The molecule has 0 aliphatic carbocycles. The largest absolute Gasteiger partial charge is 0.481 e. The smallest absolute Gasteiger partial charge is 0.308 e. The summed E-state index contributed by atoms with van der Waals surface area (Å²) < 4.78 is 2.06. The van der Waals surface area contributed by atoms with Crippen molar-refractivity contribution in [2.45, 2.75) is 26.8 Å². The van der Waals surface area contributed by atoms with Crippen LogP contribution in [0.5, 0.6) is 0 Å². The first-order valence-electron chi connectivity index (χ1n) is 8.11. The first-order valence-corrected chi connectivity index (χ1v) is 8.11. The number of aryl methyl sites for hydroxylation is 1. The minimum absolute atomic E-state index is 0.0637. The number of likely N-dealkylation sites (tertiary alicyclic amines) is 1. The fourth-order valence-electron chi connectivity index (χ4n) is 3.55. The molecule has 0 spiro atoms. The van der Waals surface area contributed by atoms with Crippen molar-refractivity contribution in [3.63, 3.8) is 0 Å². The van der Waals surface area contributed by atoms with Crippen LogP contribution in [0.15, 0.2) is 30.5 Å². The number of aliphatic carboxylic acids is 1. The highest BCUT2D eigenvalue weighted by atomic mass is 16.4. The monoisotopic (exact) mass is 314 g/mol. The van der Waals surface area contributed by atoms with Gasteiger partial charge in [0.05, 0.1) is 11.5 Å². The summed E-state index contributed by atoms with van der Waals surface area (Å²) in [6, 6.07) is 7.86. The second kappa shape index (κ2) is 6.07. The number of fused-ring (bicyclic) bond motifs is 1. The molecule has 1 fully saturated rings. The van der Waals surface area contributed by atoms with Crippen LogP contribution in [-0.2, 0) is 11.3 Å². The fourth-order valence-corrected chi connectivity index (χ4v) is 3.55. The zero-order valence-electron chi connectivity index (χ0n) is 13.5. The Hall–Kier alpha value is -2.30. The van der Waals surface area contributed by atoms with Crippen LogP contribution in [0.25, 0.3) is 10.9 Å². The van der Waals surface area contributed by atoms with E-state index in [0.717, 1.165) is 17.4 Å². The van der Waals surface area contributed by atoms with Crippen LogP contribution in [0, 0.1) is 11.8 Å². The van der Waals surface area contributed by atoms with Crippen LogP contribution in [0.3, 0.4) is 0 Å². The number of piperidine rings is 1. The van der Waals surface area contributed by atoms with E-state index in [4.69, 9.17) is 0 Å². The Morgan fingerprint density at radius 1 is 1.26 bits per heavy atom. The highest BCUT2D eigenvalue weighted by Gasteiger charge is 2.33. The van der Waals surface area contributed by atoms with Gasteiger partial charge in [-0.2, -0.15) is 0 Å². The third-order valence-corrected chi connectivity index (χ3v) is 4.66. The molecule has 5 nitrogen and oxygen atoms in total. The quantitative estimate of drug-likeness (QED) is 0.947. The summed E-state index contributed by atoms with van der Waals surface area (Å²) in [7, 11) is 0. The molecule has 1 amide bonds. The third-order valence-electron chi connectivity index (χ3n) is 4.66. The van der Waals surface area contributed by atoms with Crippen LogP contribution in [0.2, 0.25) is 0 Å². The predicted octanol–water partition coefficient (Wildman–Crippen LogP) is 2.84. The molecule has 5 heteroatoms. The first kappa shape index (κ1) is 15.6. The number of carboxylic acids is 1. The summed E-state index contributed by atoms with van der Waals surface area (Å²) in [5.74, 6) is -1.15. The Kier molecular flexibility index (Phi) is 4.11. The van der Waals surface area contributed by atoms with Crippen molar-refractivity contribution in [1.82, 2.24) is 9.47 Å². The number of amides is 1. The molecule has 1 aromatic carbocycles. The summed E-state index contributed by atoms with van der Waals surface area (Å²) >= 11 is 0. The van der Waals surface area contributed by atoms with Gasteiger partial charge >= 0.3 is 5.97 Å². The minimum Gasteiger partial charge on any atom is -0.481 e. The highest BCUT2D eigenvalue weighted by Crippen LogP contribution is 2.27. The summed E-state index contributed by atoms with van der Waals surface area (Å²) in [6.45, 7) is 5.76. The van der Waals surface area contributed by atoms with Crippen LogP contribution in [0.1, 0.15) is 30.6 Å². The molecule has 0 bridgehead atoms. The lowest BCUT2D eigenvalue weighted by Crippen LogP contribution is -2.45. The van der Waals surface area contributed by atoms with Gasteiger partial charge in [0.15, 0.2) is 0 Å². The van der Waals surface area contributed by atoms with Crippen molar-refractivity contribution < 1.29 is 14.7 Å². The Bertz CT molecular complexity index is 750. The van der Waals surface area contributed by atoms with Crippen LogP contribution in [-0.4, -0.2) is 39.5 Å². The predicted molar refractivity (Wildman–Crippen MR) is 88.4 cm³/mol. The molecule has 0 radical (unpaired) electrons. The highest BCUT2D eigenvalue weighted by molar-refractivity contribution is 6.07. The average Bonchev–Trinajstić information content (AvgIpc) is 2.92. The molecule has 1 aliphatic heterocycles. The van der Waals surface area contributed by atoms with E-state index in [1.165, 1.54) is 0 Å². The van der Waals surface area contributed by atoms with Gasteiger partial charge in [-0.3, -0.25) is 9.59 Å². The molecule has 1 N–H and O–H groups in total. The normalized spacial score (nSPS) is 21.6. The van der Waals surface area contributed by atoms with Crippen LogP contribution >= 0.6 is 0 Å². The molecule has 0 saturated carbocycles. The molecule has 122 valence electrons. The number of aromatic nitrogens is 1. The Morgan fingerprint density at radius 3 is 2.70 bits per heavy atom. The maximum atomic E-state index is 13.0. The number of carbonyl (C=O) groups excluding carboxylic acids is 1. The topological polar surface area (TPSA) is 62.5 Å².